The van der Waals surface area contributed by atoms with Gasteiger partial charge in [0, 0.05) is 32.1 Å². The maximum atomic E-state index is 13.7. The monoisotopic (exact) mass is 731 g/mol. The molecule has 0 radical (unpaired) electrons. The number of likely N-dealkylation sites (N-methyl/N-ethyl adjacent to an activating group) is 1. The SMILES string of the molecule is COc1ccc(/C=C/CN2CCN(C)C(=O)[C@@H](C)NC(=O)[C@H](C(C)C)NC(=O)[C@H](C)NC(=O)c3csc(n3)[C@H](Cc3ccccc3)NC(=O)C2)cc1. The lowest BCUT2D eigenvalue weighted by Crippen LogP contribution is -2.57. The van der Waals surface area contributed by atoms with Gasteiger partial charge < -0.3 is 30.9 Å². The van der Waals surface area contributed by atoms with Gasteiger partial charge in [-0.05, 0) is 49.4 Å². The van der Waals surface area contributed by atoms with E-state index in [9.17, 15) is 24.0 Å². The minimum absolute atomic E-state index is 0.0205. The molecule has 2 aromatic carbocycles. The number of thiazole rings is 1. The van der Waals surface area contributed by atoms with Crippen LogP contribution in [0.4, 0.5) is 0 Å². The Kier molecular flexibility index (Phi) is 14.5. The molecule has 0 fully saturated rings. The number of methoxy groups -OCH3 is 1. The third-order valence-corrected chi connectivity index (χ3v) is 9.63. The summed E-state index contributed by atoms with van der Waals surface area (Å²) in [5.41, 5.74) is 2.04. The lowest BCUT2D eigenvalue weighted by atomic mass is 10.0. The molecule has 4 atom stereocenters. The van der Waals surface area contributed by atoms with E-state index in [2.05, 4.69) is 26.3 Å². The lowest BCUT2D eigenvalue weighted by molar-refractivity contribution is -0.136. The second-order valence-electron chi connectivity index (χ2n) is 13.2. The van der Waals surface area contributed by atoms with Gasteiger partial charge in [-0.25, -0.2) is 4.98 Å². The Bertz CT molecular complexity index is 1710. The third kappa shape index (κ3) is 11.5. The van der Waals surface area contributed by atoms with E-state index < -0.39 is 41.9 Å². The van der Waals surface area contributed by atoms with E-state index in [-0.39, 0.29) is 36.5 Å². The van der Waals surface area contributed by atoms with E-state index in [1.165, 1.54) is 23.2 Å². The molecule has 278 valence electrons. The molecule has 2 bridgehead atoms. The van der Waals surface area contributed by atoms with Crippen molar-refractivity contribution in [2.75, 3.05) is 40.3 Å². The van der Waals surface area contributed by atoms with Crippen LogP contribution < -0.4 is 26.0 Å². The van der Waals surface area contributed by atoms with Gasteiger partial charge in [0.25, 0.3) is 5.91 Å². The van der Waals surface area contributed by atoms with Gasteiger partial charge in [0.2, 0.25) is 23.6 Å². The van der Waals surface area contributed by atoms with Crippen molar-refractivity contribution in [3.63, 3.8) is 0 Å². The van der Waals surface area contributed by atoms with Crippen LogP contribution in [0, 0.1) is 5.92 Å². The van der Waals surface area contributed by atoms with Gasteiger partial charge in [0.1, 0.15) is 34.6 Å². The smallest absolute Gasteiger partial charge is 0.271 e. The molecular weight excluding hydrogens is 683 g/mol. The minimum atomic E-state index is -0.990. The van der Waals surface area contributed by atoms with E-state index in [0.717, 1.165) is 16.9 Å². The summed E-state index contributed by atoms with van der Waals surface area (Å²) in [6.45, 7) is 7.74. The highest BCUT2D eigenvalue weighted by Gasteiger charge is 2.30. The third-order valence-electron chi connectivity index (χ3n) is 8.67. The van der Waals surface area contributed by atoms with Crippen LogP contribution in [0.1, 0.15) is 60.4 Å². The predicted octanol–water partition coefficient (Wildman–Crippen LogP) is 2.80. The molecule has 2 heterocycles. The van der Waals surface area contributed by atoms with Crippen LogP contribution in [0.5, 0.6) is 5.75 Å². The quantitative estimate of drug-likeness (QED) is 0.289. The second-order valence-corrected chi connectivity index (χ2v) is 14.1. The van der Waals surface area contributed by atoms with E-state index in [1.807, 2.05) is 71.6 Å². The number of fused-ring (bicyclic) bond motifs is 2. The first-order valence-electron chi connectivity index (χ1n) is 17.3. The van der Waals surface area contributed by atoms with Crippen LogP contribution in [0.3, 0.4) is 0 Å². The highest BCUT2D eigenvalue weighted by molar-refractivity contribution is 7.09. The van der Waals surface area contributed by atoms with Crippen molar-refractivity contribution in [1.29, 1.82) is 0 Å². The number of hydrogen-bond acceptors (Lipinski definition) is 9. The zero-order valence-electron chi connectivity index (χ0n) is 30.5. The van der Waals surface area contributed by atoms with Crippen molar-refractivity contribution in [2.45, 2.75) is 58.3 Å². The zero-order chi connectivity index (χ0) is 37.8. The molecule has 4 rings (SSSR count). The first-order valence-corrected chi connectivity index (χ1v) is 18.2. The first-order chi connectivity index (χ1) is 24.8. The lowest BCUT2D eigenvalue weighted by Gasteiger charge is -2.28. The van der Waals surface area contributed by atoms with Gasteiger partial charge in [-0.2, -0.15) is 0 Å². The largest absolute Gasteiger partial charge is 0.497 e. The topological polar surface area (TPSA) is 162 Å². The van der Waals surface area contributed by atoms with Crippen molar-refractivity contribution >= 4 is 46.9 Å². The molecule has 3 aromatic rings. The Hall–Kier alpha value is -5.08. The fourth-order valence-corrected chi connectivity index (χ4v) is 6.43. The number of carbonyl (C=O) groups is 5. The summed E-state index contributed by atoms with van der Waals surface area (Å²) in [7, 11) is 3.26. The van der Waals surface area contributed by atoms with Crippen molar-refractivity contribution in [3.8, 4) is 5.75 Å². The molecule has 4 N–H and O–H groups in total. The first kappa shape index (κ1) is 39.7. The number of aromatic nitrogens is 1. The molecule has 0 spiro atoms. The Balaban J connectivity index is 1.63. The molecule has 0 unspecified atom stereocenters. The number of nitrogens with zero attached hydrogens (tertiary/aromatic N) is 3. The van der Waals surface area contributed by atoms with E-state index in [0.29, 0.717) is 24.5 Å². The van der Waals surface area contributed by atoms with Gasteiger partial charge in [-0.1, -0.05) is 68.5 Å². The molecule has 52 heavy (non-hydrogen) atoms. The summed E-state index contributed by atoms with van der Waals surface area (Å²) in [4.78, 5) is 74.8. The number of nitrogens with one attached hydrogen (secondary N) is 4. The van der Waals surface area contributed by atoms with Crippen LogP contribution in [-0.2, 0) is 25.6 Å². The number of ether oxygens (including phenoxy) is 1. The molecule has 0 saturated heterocycles. The molecule has 14 heteroatoms. The molecule has 13 nitrogen and oxygen atoms in total. The van der Waals surface area contributed by atoms with Gasteiger partial charge >= 0.3 is 0 Å². The summed E-state index contributed by atoms with van der Waals surface area (Å²) in [6.07, 6.45) is 4.34. The minimum Gasteiger partial charge on any atom is -0.497 e. The molecule has 0 saturated carbocycles. The van der Waals surface area contributed by atoms with E-state index >= 15 is 0 Å². The summed E-state index contributed by atoms with van der Waals surface area (Å²) < 4.78 is 5.25. The highest BCUT2D eigenvalue weighted by Crippen LogP contribution is 2.23. The maximum Gasteiger partial charge on any atom is 0.271 e. The molecule has 0 aliphatic carbocycles. The van der Waals surface area contributed by atoms with Crippen LogP contribution >= 0.6 is 11.3 Å². The highest BCUT2D eigenvalue weighted by atomic mass is 32.1. The average Bonchev–Trinajstić information content (AvgIpc) is 3.63. The van der Waals surface area contributed by atoms with Gasteiger partial charge in [0.15, 0.2) is 0 Å². The van der Waals surface area contributed by atoms with E-state index in [4.69, 9.17) is 4.74 Å². The van der Waals surface area contributed by atoms with Gasteiger partial charge in [-0.3, -0.25) is 28.9 Å². The molecule has 1 aromatic heterocycles. The van der Waals surface area contributed by atoms with Crippen LogP contribution in [0.2, 0.25) is 0 Å². The van der Waals surface area contributed by atoms with Crippen molar-refractivity contribution in [3.05, 3.63) is 87.9 Å². The second kappa shape index (κ2) is 19.0. The number of rotatable bonds is 7. The standard InChI is InChI=1S/C38H49N7O6S/c1-24(2)33-36(49)40-26(4)38(50)44(5)19-20-45(18-10-13-27-14-16-29(51-6)17-15-27)22-32(46)41-30(21-28-11-8-7-9-12-28)37-42-31(23-52-37)35(48)39-25(3)34(47)43-33/h7-17,23-26,30,33H,18-22H2,1-6H3,(H,39,48)(H,40,49)(H,41,46)(H,43,47)/b13-10+/t25-,26+,30-,33-/m0/s1. The summed E-state index contributed by atoms with van der Waals surface area (Å²) in [5, 5.41) is 13.4. The summed E-state index contributed by atoms with van der Waals surface area (Å²) in [6, 6.07) is 13.9. The Morgan fingerprint density at radius 3 is 2.29 bits per heavy atom. The zero-order valence-corrected chi connectivity index (χ0v) is 31.4. The predicted molar refractivity (Wildman–Crippen MR) is 201 cm³/mol. The van der Waals surface area contributed by atoms with Gasteiger partial charge in [-0.15, -0.1) is 11.3 Å². The number of hydrogen-bond donors (Lipinski definition) is 4. The normalized spacial score (nSPS) is 22.0. The van der Waals surface area contributed by atoms with Crippen molar-refractivity contribution in [1.82, 2.24) is 36.1 Å². The van der Waals surface area contributed by atoms with E-state index in [1.54, 1.807) is 40.3 Å². The number of carbonyl (C=O) groups excluding carboxylic acids is 5. The summed E-state index contributed by atoms with van der Waals surface area (Å²) >= 11 is 1.24. The average molecular weight is 732 g/mol. The van der Waals surface area contributed by atoms with Crippen molar-refractivity contribution < 1.29 is 28.7 Å². The van der Waals surface area contributed by atoms with Crippen LogP contribution in [0.15, 0.2) is 66.1 Å². The van der Waals surface area contributed by atoms with Gasteiger partial charge in [0.05, 0.1) is 19.7 Å². The molecule has 1 aliphatic heterocycles. The number of benzene rings is 2. The Morgan fingerprint density at radius 2 is 1.62 bits per heavy atom. The van der Waals surface area contributed by atoms with Crippen LogP contribution in [-0.4, -0.2) is 103 Å². The molecule has 1 aliphatic rings. The molecular formula is C38H49N7O6S. The summed E-state index contributed by atoms with van der Waals surface area (Å²) in [5.74, 6) is -1.78. The fourth-order valence-electron chi connectivity index (χ4n) is 5.58. The van der Waals surface area contributed by atoms with Crippen LogP contribution in [0.25, 0.3) is 6.08 Å². The Morgan fingerprint density at radius 1 is 0.904 bits per heavy atom. The fraction of sp³-hybridized carbons (Fsp3) is 0.421. The maximum absolute atomic E-state index is 13.7. The number of amides is 5. The molecule has 5 amide bonds. The van der Waals surface area contributed by atoms with Crippen molar-refractivity contribution in [2.24, 2.45) is 5.92 Å². The Labute approximate surface area is 309 Å².